The predicted octanol–water partition coefficient (Wildman–Crippen LogP) is 3.51. The number of non-ortho nitro benzene ring substituents is 1. The van der Waals surface area contributed by atoms with E-state index in [9.17, 15) is 20.0 Å². The molecule has 6 nitrogen and oxygen atoms in total. The molecule has 0 unspecified atom stereocenters. The number of amides is 1. The van der Waals surface area contributed by atoms with E-state index in [1.807, 2.05) is 0 Å². The zero-order valence-corrected chi connectivity index (χ0v) is 11.7. The number of aromatic hydroxyl groups is 1. The van der Waals surface area contributed by atoms with E-state index in [4.69, 9.17) is 11.6 Å². The first-order valence-corrected chi connectivity index (χ1v) is 6.31. The van der Waals surface area contributed by atoms with Crippen molar-refractivity contribution >= 4 is 28.9 Å². The van der Waals surface area contributed by atoms with E-state index < -0.39 is 10.8 Å². The van der Waals surface area contributed by atoms with Crippen LogP contribution in [0, 0.1) is 17.0 Å². The van der Waals surface area contributed by atoms with E-state index >= 15 is 0 Å². The molecular formula is C14H11ClN2O4. The molecule has 0 aliphatic rings. The average molecular weight is 307 g/mol. The Morgan fingerprint density at radius 1 is 1.29 bits per heavy atom. The van der Waals surface area contributed by atoms with E-state index in [1.54, 1.807) is 19.1 Å². The molecule has 0 saturated carbocycles. The maximum atomic E-state index is 12.1. The Bertz CT molecular complexity index is 731. The van der Waals surface area contributed by atoms with Gasteiger partial charge in [0.05, 0.1) is 16.7 Å². The number of phenols is 1. The second-order valence-electron chi connectivity index (χ2n) is 4.37. The van der Waals surface area contributed by atoms with Crippen molar-refractivity contribution in [3.8, 4) is 5.75 Å². The number of nitrogens with one attached hydrogen (secondary N) is 1. The van der Waals surface area contributed by atoms with Crippen molar-refractivity contribution in [3.05, 3.63) is 62.7 Å². The zero-order valence-electron chi connectivity index (χ0n) is 11.0. The van der Waals surface area contributed by atoms with Crippen molar-refractivity contribution < 1.29 is 14.8 Å². The van der Waals surface area contributed by atoms with Crippen LogP contribution in [-0.2, 0) is 0 Å². The summed E-state index contributed by atoms with van der Waals surface area (Å²) in [6.45, 7) is 1.75. The first kappa shape index (κ1) is 14.8. The second-order valence-corrected chi connectivity index (χ2v) is 4.81. The molecule has 0 heterocycles. The van der Waals surface area contributed by atoms with Crippen LogP contribution in [0.15, 0.2) is 36.4 Å². The minimum absolute atomic E-state index is 0.0879. The van der Waals surface area contributed by atoms with Crippen LogP contribution in [0.2, 0.25) is 5.02 Å². The molecule has 0 aliphatic carbocycles. The molecule has 108 valence electrons. The summed E-state index contributed by atoms with van der Waals surface area (Å²) in [5, 5.41) is 23.2. The second kappa shape index (κ2) is 5.80. The van der Waals surface area contributed by atoms with Crippen LogP contribution >= 0.6 is 11.6 Å². The van der Waals surface area contributed by atoms with Crippen LogP contribution in [0.5, 0.6) is 5.75 Å². The normalized spacial score (nSPS) is 10.2. The lowest BCUT2D eigenvalue weighted by Crippen LogP contribution is -2.13. The van der Waals surface area contributed by atoms with Gasteiger partial charge in [-0.3, -0.25) is 14.9 Å². The summed E-state index contributed by atoms with van der Waals surface area (Å²) in [7, 11) is 0. The summed E-state index contributed by atoms with van der Waals surface area (Å²) in [6, 6.07) is 8.31. The number of carbonyl (C=O) groups is 1. The first-order valence-electron chi connectivity index (χ1n) is 5.93. The number of nitro groups is 1. The molecule has 0 aliphatic heterocycles. The van der Waals surface area contributed by atoms with Crippen LogP contribution in [0.3, 0.4) is 0 Å². The molecular weight excluding hydrogens is 296 g/mol. The standard InChI is InChI=1S/C14H11ClN2O4/c1-8-2-3-9(15)6-11(8)14(19)16-12-5-4-10(17(20)21)7-13(12)18/h2-7,18H,1H3,(H,16,19). The summed E-state index contributed by atoms with van der Waals surface area (Å²) in [5.74, 6) is -0.837. The Morgan fingerprint density at radius 2 is 2.00 bits per heavy atom. The van der Waals surface area contributed by atoms with Crippen molar-refractivity contribution in [1.82, 2.24) is 0 Å². The highest BCUT2D eigenvalue weighted by Crippen LogP contribution is 2.28. The van der Waals surface area contributed by atoms with Gasteiger partial charge in [-0.05, 0) is 30.7 Å². The largest absolute Gasteiger partial charge is 0.506 e. The van der Waals surface area contributed by atoms with E-state index in [0.717, 1.165) is 11.6 Å². The number of benzene rings is 2. The zero-order chi connectivity index (χ0) is 15.6. The molecule has 2 aromatic rings. The molecule has 0 radical (unpaired) electrons. The van der Waals surface area contributed by atoms with Crippen molar-refractivity contribution in [2.24, 2.45) is 0 Å². The number of anilines is 1. The summed E-state index contributed by atoms with van der Waals surface area (Å²) in [6.07, 6.45) is 0. The Hall–Kier alpha value is -2.60. The maximum Gasteiger partial charge on any atom is 0.273 e. The van der Waals surface area contributed by atoms with E-state index in [1.165, 1.54) is 18.2 Å². The van der Waals surface area contributed by atoms with Crippen LogP contribution < -0.4 is 5.32 Å². The number of hydrogen-bond donors (Lipinski definition) is 2. The fourth-order valence-electron chi connectivity index (χ4n) is 1.77. The average Bonchev–Trinajstić information content (AvgIpc) is 2.43. The van der Waals surface area contributed by atoms with Crippen molar-refractivity contribution in [3.63, 3.8) is 0 Å². The van der Waals surface area contributed by atoms with Gasteiger partial charge in [0, 0.05) is 16.7 Å². The Morgan fingerprint density at radius 3 is 2.62 bits per heavy atom. The number of aryl methyl sites for hydroxylation is 1. The summed E-state index contributed by atoms with van der Waals surface area (Å²) in [4.78, 5) is 22.1. The molecule has 2 rings (SSSR count). The third-order valence-corrected chi connectivity index (χ3v) is 3.12. The van der Waals surface area contributed by atoms with Gasteiger partial charge in [-0.2, -0.15) is 0 Å². The third-order valence-electron chi connectivity index (χ3n) is 2.88. The predicted molar refractivity (Wildman–Crippen MR) is 78.9 cm³/mol. The lowest BCUT2D eigenvalue weighted by molar-refractivity contribution is -0.384. The van der Waals surface area contributed by atoms with Gasteiger partial charge in [-0.1, -0.05) is 17.7 Å². The number of halogens is 1. The third kappa shape index (κ3) is 3.29. The number of phenolic OH excluding ortho intramolecular Hbond substituents is 1. The van der Waals surface area contributed by atoms with E-state index in [0.29, 0.717) is 10.6 Å². The topological polar surface area (TPSA) is 92.5 Å². The molecule has 0 spiro atoms. The molecule has 0 atom stereocenters. The quantitative estimate of drug-likeness (QED) is 0.515. The van der Waals surface area contributed by atoms with Crippen LogP contribution in [-0.4, -0.2) is 15.9 Å². The molecule has 2 aromatic carbocycles. The Balaban J connectivity index is 2.27. The van der Waals surface area contributed by atoms with E-state index in [2.05, 4.69) is 5.32 Å². The lowest BCUT2D eigenvalue weighted by atomic mass is 10.1. The minimum atomic E-state index is -0.633. The number of carbonyl (C=O) groups excluding carboxylic acids is 1. The maximum absolute atomic E-state index is 12.1. The minimum Gasteiger partial charge on any atom is -0.506 e. The highest BCUT2D eigenvalue weighted by molar-refractivity contribution is 6.31. The number of nitrogens with zero attached hydrogens (tertiary/aromatic N) is 1. The molecule has 0 aromatic heterocycles. The fourth-order valence-corrected chi connectivity index (χ4v) is 1.94. The molecule has 0 fully saturated rings. The molecule has 0 saturated heterocycles. The number of hydrogen-bond acceptors (Lipinski definition) is 4. The van der Waals surface area contributed by atoms with Gasteiger partial charge < -0.3 is 10.4 Å². The van der Waals surface area contributed by atoms with Gasteiger partial charge in [0.2, 0.25) is 0 Å². The van der Waals surface area contributed by atoms with Crippen molar-refractivity contribution in [2.75, 3.05) is 5.32 Å². The smallest absolute Gasteiger partial charge is 0.273 e. The molecule has 21 heavy (non-hydrogen) atoms. The Kier molecular flexibility index (Phi) is 4.09. The van der Waals surface area contributed by atoms with Gasteiger partial charge in [-0.25, -0.2) is 0 Å². The highest BCUT2D eigenvalue weighted by atomic mass is 35.5. The summed E-state index contributed by atoms with van der Waals surface area (Å²) < 4.78 is 0. The van der Waals surface area contributed by atoms with Gasteiger partial charge in [-0.15, -0.1) is 0 Å². The lowest BCUT2D eigenvalue weighted by Gasteiger charge is -2.09. The number of nitro benzene ring substituents is 1. The van der Waals surface area contributed by atoms with Gasteiger partial charge in [0.1, 0.15) is 5.75 Å². The van der Waals surface area contributed by atoms with Crippen molar-refractivity contribution in [1.29, 1.82) is 0 Å². The monoisotopic (exact) mass is 306 g/mol. The van der Waals surface area contributed by atoms with Crippen LogP contribution in [0.1, 0.15) is 15.9 Å². The molecule has 1 amide bonds. The molecule has 2 N–H and O–H groups in total. The highest BCUT2D eigenvalue weighted by Gasteiger charge is 2.14. The van der Waals surface area contributed by atoms with Gasteiger partial charge in [0.25, 0.3) is 11.6 Å². The molecule has 7 heteroatoms. The molecule has 0 bridgehead atoms. The van der Waals surface area contributed by atoms with Gasteiger partial charge in [0.15, 0.2) is 0 Å². The number of rotatable bonds is 3. The van der Waals surface area contributed by atoms with Crippen LogP contribution in [0.25, 0.3) is 0 Å². The summed E-state index contributed by atoms with van der Waals surface area (Å²) in [5.41, 5.74) is 0.910. The Labute approximate surface area is 125 Å². The SMILES string of the molecule is Cc1ccc(Cl)cc1C(=O)Nc1ccc([N+](=O)[O-])cc1O. The van der Waals surface area contributed by atoms with Gasteiger partial charge >= 0.3 is 0 Å². The van der Waals surface area contributed by atoms with Crippen LogP contribution in [0.4, 0.5) is 11.4 Å². The van der Waals surface area contributed by atoms with E-state index in [-0.39, 0.29) is 17.1 Å². The van der Waals surface area contributed by atoms with Crippen molar-refractivity contribution in [2.45, 2.75) is 6.92 Å². The summed E-state index contributed by atoms with van der Waals surface area (Å²) >= 11 is 5.85. The first-order chi connectivity index (χ1) is 9.88. The fraction of sp³-hybridized carbons (Fsp3) is 0.0714.